The predicted molar refractivity (Wildman–Crippen MR) is 69.5 cm³/mol. The van der Waals surface area contributed by atoms with Crippen LogP contribution in [0.3, 0.4) is 0 Å². The van der Waals surface area contributed by atoms with Gasteiger partial charge in [-0.25, -0.2) is 4.98 Å². The van der Waals surface area contributed by atoms with E-state index >= 15 is 0 Å². The van der Waals surface area contributed by atoms with E-state index in [1.165, 1.54) is 11.3 Å². The summed E-state index contributed by atoms with van der Waals surface area (Å²) in [5, 5.41) is 22.5. The molecule has 0 aliphatic carbocycles. The van der Waals surface area contributed by atoms with Gasteiger partial charge in [-0.2, -0.15) is 0 Å². The lowest BCUT2D eigenvalue weighted by Crippen LogP contribution is -2.29. The van der Waals surface area contributed by atoms with E-state index in [0.717, 1.165) is 10.2 Å². The number of aliphatic hydroxyl groups is 2. The first kappa shape index (κ1) is 12.7. The average Bonchev–Trinajstić information content (AvgIpc) is 2.67. The average molecular weight is 273 g/mol. The molecule has 0 saturated heterocycles. The Morgan fingerprint density at radius 3 is 2.94 bits per heavy atom. The quantitative estimate of drug-likeness (QED) is 0.790. The molecule has 0 aliphatic heterocycles. The highest BCUT2D eigenvalue weighted by molar-refractivity contribution is 7.22. The van der Waals surface area contributed by atoms with Crippen LogP contribution in [0, 0.1) is 0 Å². The van der Waals surface area contributed by atoms with E-state index in [-0.39, 0.29) is 0 Å². The zero-order valence-corrected chi connectivity index (χ0v) is 10.8. The minimum Gasteiger partial charge on any atom is -0.389 e. The molecular formula is C11H13ClN2O2S. The van der Waals surface area contributed by atoms with Crippen molar-refractivity contribution in [1.29, 1.82) is 0 Å². The van der Waals surface area contributed by atoms with Crippen molar-refractivity contribution in [3.63, 3.8) is 0 Å². The highest BCUT2D eigenvalue weighted by Crippen LogP contribution is 2.28. The molecule has 0 amide bonds. The van der Waals surface area contributed by atoms with E-state index in [0.29, 0.717) is 16.6 Å². The number of aliphatic hydroxyl groups excluding tert-OH is 2. The van der Waals surface area contributed by atoms with Crippen LogP contribution in [0.5, 0.6) is 0 Å². The molecule has 2 unspecified atom stereocenters. The normalized spacial score (nSPS) is 15.1. The molecule has 6 heteroatoms. The third-order valence-corrected chi connectivity index (χ3v) is 3.63. The van der Waals surface area contributed by atoms with Crippen LogP contribution < -0.4 is 5.32 Å². The lowest BCUT2D eigenvalue weighted by molar-refractivity contribution is 0.0203. The summed E-state index contributed by atoms with van der Waals surface area (Å²) in [4.78, 5) is 4.12. The van der Waals surface area contributed by atoms with Crippen LogP contribution in [0.25, 0.3) is 10.2 Å². The summed E-state index contributed by atoms with van der Waals surface area (Å²) in [5.74, 6) is 0. The van der Waals surface area contributed by atoms with Crippen LogP contribution >= 0.6 is 22.9 Å². The Kier molecular flexibility index (Phi) is 3.96. The number of thiazole rings is 1. The molecule has 3 N–H and O–H groups in total. The fourth-order valence-corrected chi connectivity index (χ4v) is 2.72. The number of benzene rings is 1. The predicted octanol–water partition coefficient (Wildman–Crippen LogP) is 1.56. The summed E-state index contributed by atoms with van der Waals surface area (Å²) in [5.41, 5.74) is 1.47. The Hall–Kier alpha value is -0.720. The van der Waals surface area contributed by atoms with Gasteiger partial charge in [0.15, 0.2) is 4.47 Å². The number of nitrogens with one attached hydrogen (secondary N) is 1. The van der Waals surface area contributed by atoms with Crippen LogP contribution in [0.1, 0.15) is 11.7 Å². The molecule has 0 radical (unpaired) electrons. The largest absolute Gasteiger partial charge is 0.389 e. The third-order valence-electron chi connectivity index (χ3n) is 2.51. The zero-order chi connectivity index (χ0) is 12.4. The summed E-state index contributed by atoms with van der Waals surface area (Å²) in [6, 6.07) is 5.35. The van der Waals surface area contributed by atoms with Crippen molar-refractivity contribution in [3.05, 3.63) is 28.2 Å². The molecule has 2 rings (SSSR count). The van der Waals surface area contributed by atoms with E-state index in [4.69, 9.17) is 11.6 Å². The maximum absolute atomic E-state index is 9.95. The number of nitrogens with zero attached hydrogens (tertiary/aromatic N) is 1. The number of rotatable bonds is 4. The zero-order valence-electron chi connectivity index (χ0n) is 9.22. The summed E-state index contributed by atoms with van der Waals surface area (Å²) in [7, 11) is 1.72. The lowest BCUT2D eigenvalue weighted by atomic mass is 10.0. The fraction of sp³-hybridized carbons (Fsp3) is 0.364. The minimum atomic E-state index is -0.910. The van der Waals surface area contributed by atoms with Crippen LogP contribution in [0.15, 0.2) is 18.2 Å². The second-order valence-electron chi connectivity index (χ2n) is 3.76. The van der Waals surface area contributed by atoms with E-state index in [9.17, 15) is 10.2 Å². The van der Waals surface area contributed by atoms with Gasteiger partial charge in [-0.1, -0.05) is 17.7 Å². The molecular weight excluding hydrogens is 260 g/mol. The summed E-state index contributed by atoms with van der Waals surface area (Å²) in [6.45, 7) is 0.336. The van der Waals surface area contributed by atoms with E-state index in [1.54, 1.807) is 19.2 Å². The topological polar surface area (TPSA) is 65.4 Å². The standard InChI is InChI=1S/C11H13ClN2O2S/c1-13-5-8(15)10(16)6-2-3-7-9(4-6)17-11(12)14-7/h2-4,8,10,13,15-16H,5H2,1H3. The number of aromatic nitrogens is 1. The van der Waals surface area contributed by atoms with E-state index < -0.39 is 12.2 Å². The molecule has 1 aromatic carbocycles. The van der Waals surface area contributed by atoms with Gasteiger partial charge in [-0.15, -0.1) is 11.3 Å². The van der Waals surface area contributed by atoms with Gasteiger partial charge in [0.1, 0.15) is 6.10 Å². The lowest BCUT2D eigenvalue weighted by Gasteiger charge is -2.17. The summed E-state index contributed by atoms with van der Waals surface area (Å²) < 4.78 is 1.38. The molecule has 92 valence electrons. The van der Waals surface area contributed by atoms with Gasteiger partial charge < -0.3 is 15.5 Å². The smallest absolute Gasteiger partial charge is 0.184 e. The van der Waals surface area contributed by atoms with Crippen LogP contribution in [0.2, 0.25) is 4.47 Å². The molecule has 17 heavy (non-hydrogen) atoms. The van der Waals surface area contributed by atoms with Crippen molar-refractivity contribution in [2.24, 2.45) is 0 Å². The van der Waals surface area contributed by atoms with Crippen molar-refractivity contribution in [3.8, 4) is 0 Å². The molecule has 0 bridgehead atoms. The third kappa shape index (κ3) is 2.75. The maximum Gasteiger partial charge on any atom is 0.184 e. The Bertz CT molecular complexity index is 517. The Morgan fingerprint density at radius 2 is 2.24 bits per heavy atom. The molecule has 0 aliphatic rings. The second kappa shape index (κ2) is 5.29. The van der Waals surface area contributed by atoms with E-state index in [1.807, 2.05) is 6.07 Å². The molecule has 0 fully saturated rings. The second-order valence-corrected chi connectivity index (χ2v) is 5.38. The molecule has 2 aromatic rings. The van der Waals surface area contributed by atoms with Gasteiger partial charge in [-0.3, -0.25) is 0 Å². The number of hydrogen-bond acceptors (Lipinski definition) is 5. The molecule has 2 atom stereocenters. The first-order valence-corrected chi connectivity index (χ1v) is 6.38. The van der Waals surface area contributed by atoms with Crippen molar-refractivity contribution < 1.29 is 10.2 Å². The first-order chi connectivity index (χ1) is 8.11. The molecule has 4 nitrogen and oxygen atoms in total. The van der Waals surface area contributed by atoms with Gasteiger partial charge in [-0.05, 0) is 24.7 Å². The number of hydrogen-bond donors (Lipinski definition) is 3. The van der Waals surface area contributed by atoms with Crippen molar-refractivity contribution in [2.45, 2.75) is 12.2 Å². The summed E-state index contributed by atoms with van der Waals surface area (Å²) in [6.07, 6.45) is -1.74. The van der Waals surface area contributed by atoms with Crippen molar-refractivity contribution in [1.82, 2.24) is 10.3 Å². The van der Waals surface area contributed by atoms with E-state index in [2.05, 4.69) is 10.3 Å². The van der Waals surface area contributed by atoms with Gasteiger partial charge in [0.05, 0.1) is 16.3 Å². The van der Waals surface area contributed by atoms with Gasteiger partial charge in [0, 0.05) is 6.54 Å². The van der Waals surface area contributed by atoms with Gasteiger partial charge >= 0.3 is 0 Å². The number of halogens is 1. The fourth-order valence-electron chi connectivity index (χ4n) is 1.64. The molecule has 0 spiro atoms. The molecule has 0 saturated carbocycles. The van der Waals surface area contributed by atoms with Crippen LogP contribution in [0.4, 0.5) is 0 Å². The Morgan fingerprint density at radius 1 is 1.47 bits per heavy atom. The Balaban J connectivity index is 2.28. The highest BCUT2D eigenvalue weighted by atomic mass is 35.5. The van der Waals surface area contributed by atoms with Crippen molar-refractivity contribution >= 4 is 33.2 Å². The van der Waals surface area contributed by atoms with Crippen LogP contribution in [-0.2, 0) is 0 Å². The minimum absolute atomic E-state index is 0.336. The monoisotopic (exact) mass is 272 g/mol. The number of likely N-dealkylation sites (N-methyl/N-ethyl adjacent to an activating group) is 1. The SMILES string of the molecule is CNCC(O)C(O)c1ccc2nc(Cl)sc2c1. The maximum atomic E-state index is 9.95. The van der Waals surface area contributed by atoms with Gasteiger partial charge in [0.25, 0.3) is 0 Å². The highest BCUT2D eigenvalue weighted by Gasteiger charge is 2.18. The summed E-state index contributed by atoms with van der Waals surface area (Å²) >= 11 is 7.17. The van der Waals surface area contributed by atoms with Crippen molar-refractivity contribution in [2.75, 3.05) is 13.6 Å². The molecule has 1 heterocycles. The number of fused-ring (bicyclic) bond motifs is 1. The van der Waals surface area contributed by atoms with Gasteiger partial charge in [0.2, 0.25) is 0 Å². The molecule has 1 aromatic heterocycles. The Labute approximate surface area is 108 Å². The van der Waals surface area contributed by atoms with Crippen LogP contribution in [-0.4, -0.2) is 34.9 Å². The first-order valence-electron chi connectivity index (χ1n) is 5.18.